The highest BCUT2D eigenvalue weighted by molar-refractivity contribution is 5.98. The van der Waals surface area contributed by atoms with Crippen LogP contribution in [0.5, 0.6) is 5.88 Å². The normalized spacial score (nSPS) is 22.3. The molecule has 6 nitrogen and oxygen atoms in total. The topological polar surface area (TPSA) is 65.9 Å². The average Bonchev–Trinajstić information content (AvgIpc) is 3.34. The predicted octanol–water partition coefficient (Wildman–Crippen LogP) is 4.40. The Bertz CT molecular complexity index is 971. The molecule has 0 radical (unpaired) electrons. The Balaban J connectivity index is 1.64. The van der Waals surface area contributed by atoms with Crippen LogP contribution < -0.4 is 4.74 Å². The monoisotopic (exact) mass is 465 g/mol. The Hall–Kier alpha value is -2.44. The molecule has 1 saturated carbocycles. The molecule has 1 aromatic heterocycles. The molecule has 1 amide bonds. The van der Waals surface area contributed by atoms with Gasteiger partial charge in [0.05, 0.1) is 12.6 Å². The third kappa shape index (κ3) is 5.61. The zero-order chi connectivity index (χ0) is 24.2. The maximum atomic E-state index is 13.6. The summed E-state index contributed by atoms with van der Waals surface area (Å²) >= 11 is 0. The Kier molecular flexibility index (Phi) is 7.89. The van der Waals surface area contributed by atoms with Crippen molar-refractivity contribution in [3.8, 4) is 17.0 Å². The van der Waals surface area contributed by atoms with Crippen LogP contribution in [0.2, 0.25) is 0 Å². The SMILES string of the molecule is Cc1ccc(-c2cnc3c(c2)C(=O)N([C@H](C)CO)C[C@H](C)[C@@H](CN(C)CC2CCCC2)O3)cc1. The molecular weight excluding hydrogens is 426 g/mol. The number of carbonyl (C=O) groups is 1. The van der Waals surface area contributed by atoms with Gasteiger partial charge in [0.2, 0.25) is 5.88 Å². The van der Waals surface area contributed by atoms with Gasteiger partial charge < -0.3 is 19.6 Å². The number of aliphatic hydroxyl groups excluding tert-OH is 1. The van der Waals surface area contributed by atoms with Crippen molar-refractivity contribution < 1.29 is 14.6 Å². The van der Waals surface area contributed by atoms with Crippen LogP contribution in [0, 0.1) is 18.8 Å². The molecule has 0 spiro atoms. The van der Waals surface area contributed by atoms with Gasteiger partial charge in [0.15, 0.2) is 0 Å². The predicted molar refractivity (Wildman–Crippen MR) is 135 cm³/mol. The number of amides is 1. The second kappa shape index (κ2) is 10.9. The molecule has 34 heavy (non-hydrogen) atoms. The number of carbonyl (C=O) groups excluding carboxylic acids is 1. The maximum absolute atomic E-state index is 13.6. The Labute approximate surface area is 203 Å². The van der Waals surface area contributed by atoms with Crippen molar-refractivity contribution in [3.63, 3.8) is 0 Å². The number of likely N-dealkylation sites (N-methyl/N-ethyl adjacent to an activating group) is 1. The largest absolute Gasteiger partial charge is 0.472 e. The second-order valence-corrected chi connectivity index (χ2v) is 10.4. The lowest BCUT2D eigenvalue weighted by atomic mass is 9.98. The van der Waals surface area contributed by atoms with Gasteiger partial charge >= 0.3 is 0 Å². The fraction of sp³-hybridized carbons (Fsp3) is 0.571. The van der Waals surface area contributed by atoms with Gasteiger partial charge in [-0.1, -0.05) is 49.6 Å². The first-order valence-electron chi connectivity index (χ1n) is 12.7. The van der Waals surface area contributed by atoms with E-state index < -0.39 is 0 Å². The summed E-state index contributed by atoms with van der Waals surface area (Å²) in [6.45, 7) is 8.40. The molecule has 1 aliphatic heterocycles. The first kappa shape index (κ1) is 24.7. The average molecular weight is 466 g/mol. The number of hydrogen-bond donors (Lipinski definition) is 1. The molecular formula is C28H39N3O3. The Morgan fingerprint density at radius 2 is 1.88 bits per heavy atom. The van der Waals surface area contributed by atoms with Crippen molar-refractivity contribution in [2.24, 2.45) is 11.8 Å². The van der Waals surface area contributed by atoms with E-state index in [4.69, 9.17) is 4.74 Å². The molecule has 1 aromatic carbocycles. The molecule has 184 valence electrons. The lowest BCUT2D eigenvalue weighted by molar-refractivity contribution is 0.0320. The number of fused-ring (bicyclic) bond motifs is 1. The van der Waals surface area contributed by atoms with Crippen LogP contribution in [-0.2, 0) is 0 Å². The quantitative estimate of drug-likeness (QED) is 0.657. The smallest absolute Gasteiger partial charge is 0.259 e. The van der Waals surface area contributed by atoms with Crippen molar-refractivity contribution in [1.82, 2.24) is 14.8 Å². The van der Waals surface area contributed by atoms with E-state index in [2.05, 4.69) is 42.9 Å². The molecule has 2 aliphatic rings. The third-order valence-electron chi connectivity index (χ3n) is 7.44. The van der Waals surface area contributed by atoms with E-state index in [0.717, 1.165) is 30.1 Å². The lowest BCUT2D eigenvalue weighted by Crippen LogP contribution is -2.50. The van der Waals surface area contributed by atoms with Crippen LogP contribution in [0.15, 0.2) is 36.5 Å². The number of hydrogen-bond acceptors (Lipinski definition) is 5. The summed E-state index contributed by atoms with van der Waals surface area (Å²) in [6.07, 6.45) is 7.01. The molecule has 0 unspecified atom stereocenters. The molecule has 6 heteroatoms. The van der Waals surface area contributed by atoms with Gasteiger partial charge in [-0.25, -0.2) is 4.98 Å². The van der Waals surface area contributed by atoms with E-state index in [1.165, 1.54) is 31.2 Å². The van der Waals surface area contributed by atoms with E-state index in [-0.39, 0.29) is 30.6 Å². The van der Waals surface area contributed by atoms with Crippen molar-refractivity contribution in [1.29, 1.82) is 0 Å². The van der Waals surface area contributed by atoms with Gasteiger partial charge in [0, 0.05) is 37.3 Å². The number of ether oxygens (including phenoxy) is 1. The van der Waals surface area contributed by atoms with Crippen LogP contribution in [0.4, 0.5) is 0 Å². The minimum Gasteiger partial charge on any atom is -0.472 e. The van der Waals surface area contributed by atoms with Crippen LogP contribution >= 0.6 is 0 Å². The molecule has 1 fully saturated rings. The van der Waals surface area contributed by atoms with Gasteiger partial charge in [0.1, 0.15) is 11.7 Å². The van der Waals surface area contributed by atoms with Crippen molar-refractivity contribution in [2.75, 3.05) is 33.3 Å². The van der Waals surface area contributed by atoms with Gasteiger partial charge in [0.25, 0.3) is 5.91 Å². The fourth-order valence-electron chi connectivity index (χ4n) is 5.24. The van der Waals surface area contributed by atoms with E-state index in [1.54, 1.807) is 11.1 Å². The highest BCUT2D eigenvalue weighted by atomic mass is 16.5. The van der Waals surface area contributed by atoms with Crippen LogP contribution in [0.1, 0.15) is 55.5 Å². The molecule has 4 rings (SSSR count). The third-order valence-corrected chi connectivity index (χ3v) is 7.44. The highest BCUT2D eigenvalue weighted by Crippen LogP contribution is 2.31. The molecule has 3 atom stereocenters. The van der Waals surface area contributed by atoms with Crippen LogP contribution in [0.3, 0.4) is 0 Å². The number of benzene rings is 1. The zero-order valence-corrected chi connectivity index (χ0v) is 21.0. The summed E-state index contributed by atoms with van der Waals surface area (Å²) in [6, 6.07) is 9.82. The van der Waals surface area contributed by atoms with E-state index in [1.807, 2.05) is 25.1 Å². The maximum Gasteiger partial charge on any atom is 0.259 e. The summed E-state index contributed by atoms with van der Waals surface area (Å²) < 4.78 is 6.46. The summed E-state index contributed by atoms with van der Waals surface area (Å²) in [7, 11) is 2.17. The van der Waals surface area contributed by atoms with Gasteiger partial charge in [-0.2, -0.15) is 0 Å². The number of nitrogens with zero attached hydrogens (tertiary/aromatic N) is 3. The summed E-state index contributed by atoms with van der Waals surface area (Å²) in [4.78, 5) is 22.4. The number of rotatable bonds is 7. The van der Waals surface area contributed by atoms with Gasteiger partial charge in [-0.3, -0.25) is 4.79 Å². The van der Waals surface area contributed by atoms with Crippen molar-refractivity contribution in [3.05, 3.63) is 47.7 Å². The minimum absolute atomic E-state index is 0.0774. The molecule has 1 aliphatic carbocycles. The van der Waals surface area contributed by atoms with Crippen LogP contribution in [-0.4, -0.2) is 71.2 Å². The first-order chi connectivity index (χ1) is 16.4. The number of aliphatic hydroxyl groups is 1. The van der Waals surface area contributed by atoms with E-state index in [9.17, 15) is 9.90 Å². The molecule has 2 aromatic rings. The van der Waals surface area contributed by atoms with Crippen LogP contribution in [0.25, 0.3) is 11.1 Å². The number of aryl methyl sites for hydroxylation is 1. The summed E-state index contributed by atoms with van der Waals surface area (Å²) in [5.74, 6) is 1.13. The molecule has 1 N–H and O–H groups in total. The lowest BCUT2D eigenvalue weighted by Gasteiger charge is -2.38. The zero-order valence-electron chi connectivity index (χ0n) is 21.0. The molecule has 0 bridgehead atoms. The summed E-state index contributed by atoms with van der Waals surface area (Å²) in [5.41, 5.74) is 3.55. The Morgan fingerprint density at radius 3 is 2.56 bits per heavy atom. The first-order valence-corrected chi connectivity index (χ1v) is 12.7. The summed E-state index contributed by atoms with van der Waals surface area (Å²) in [5, 5.41) is 9.88. The standard InChI is InChI=1S/C28H39N3O3/c1-19-9-11-23(12-10-19)24-13-25-27(29-14-24)34-26(17-30(4)16-22-7-5-6-8-22)20(2)15-31(28(25)33)21(3)18-32/h9-14,20-22,26,32H,5-8,15-18H2,1-4H3/t20-,21+,26+/m0/s1. The number of pyridine rings is 1. The van der Waals surface area contributed by atoms with E-state index in [0.29, 0.717) is 18.0 Å². The second-order valence-electron chi connectivity index (χ2n) is 10.4. The van der Waals surface area contributed by atoms with Gasteiger partial charge in [-0.05, 0) is 51.3 Å². The van der Waals surface area contributed by atoms with Crippen molar-refractivity contribution >= 4 is 5.91 Å². The Morgan fingerprint density at radius 1 is 1.18 bits per heavy atom. The number of aromatic nitrogens is 1. The van der Waals surface area contributed by atoms with Gasteiger partial charge in [-0.15, -0.1) is 0 Å². The molecule has 0 saturated heterocycles. The highest BCUT2D eigenvalue weighted by Gasteiger charge is 2.34. The fourth-order valence-corrected chi connectivity index (χ4v) is 5.24. The minimum atomic E-state index is -0.277. The molecule has 2 heterocycles. The van der Waals surface area contributed by atoms with Crippen molar-refractivity contribution in [2.45, 2.75) is 58.6 Å². The van der Waals surface area contributed by atoms with E-state index >= 15 is 0 Å².